The van der Waals surface area contributed by atoms with E-state index in [-0.39, 0.29) is 24.3 Å². The number of nitrogens with one attached hydrogen (secondary N) is 1. The standard InChI is InChI=1S/C24H29N3O3/c1-15-9-10-19(13-17(15)3)27-12-11-20(24(27)30)23(29)26(5)14-22(28)25-21-8-6-7-16(2)18(21)4/h6-10,13,20H,11-12,14H2,1-5H3,(H,25,28). The highest BCUT2D eigenvalue weighted by atomic mass is 16.2. The van der Waals surface area contributed by atoms with E-state index < -0.39 is 5.92 Å². The van der Waals surface area contributed by atoms with Gasteiger partial charge in [-0.25, -0.2) is 0 Å². The van der Waals surface area contributed by atoms with Gasteiger partial charge in [-0.2, -0.15) is 0 Å². The Labute approximate surface area is 177 Å². The first kappa shape index (κ1) is 21.6. The molecule has 0 saturated carbocycles. The lowest BCUT2D eigenvalue weighted by atomic mass is 10.1. The maximum absolute atomic E-state index is 12.9. The lowest BCUT2D eigenvalue weighted by molar-refractivity contribution is -0.140. The minimum absolute atomic E-state index is 0.0976. The lowest BCUT2D eigenvalue weighted by Gasteiger charge is -2.21. The van der Waals surface area contributed by atoms with Crippen molar-refractivity contribution in [2.75, 3.05) is 30.4 Å². The van der Waals surface area contributed by atoms with Crippen LogP contribution in [-0.4, -0.2) is 42.8 Å². The number of hydrogen-bond donors (Lipinski definition) is 1. The molecule has 158 valence electrons. The SMILES string of the molecule is Cc1ccc(N2CCC(C(=O)N(C)CC(=O)Nc3cccc(C)c3C)C2=O)cc1C. The Morgan fingerprint density at radius 2 is 1.80 bits per heavy atom. The molecule has 0 aliphatic carbocycles. The molecule has 1 atom stereocenters. The monoisotopic (exact) mass is 407 g/mol. The van der Waals surface area contributed by atoms with E-state index in [2.05, 4.69) is 5.32 Å². The molecule has 2 aromatic rings. The molecule has 6 heteroatoms. The van der Waals surface area contributed by atoms with Crippen LogP contribution in [0.5, 0.6) is 0 Å². The Hall–Kier alpha value is -3.15. The van der Waals surface area contributed by atoms with Crippen LogP contribution in [0.4, 0.5) is 11.4 Å². The number of anilines is 2. The Kier molecular flexibility index (Phi) is 6.25. The number of amides is 3. The van der Waals surface area contributed by atoms with Crippen LogP contribution in [0.1, 0.15) is 28.7 Å². The molecule has 2 aromatic carbocycles. The minimum Gasteiger partial charge on any atom is -0.336 e. The summed E-state index contributed by atoms with van der Waals surface area (Å²) in [5.74, 6) is -1.55. The summed E-state index contributed by atoms with van der Waals surface area (Å²) < 4.78 is 0. The van der Waals surface area contributed by atoms with Crippen LogP contribution in [0.15, 0.2) is 36.4 Å². The number of benzene rings is 2. The average Bonchev–Trinajstić information content (AvgIpc) is 3.08. The third kappa shape index (κ3) is 4.37. The van der Waals surface area contributed by atoms with E-state index in [9.17, 15) is 14.4 Å². The number of carbonyl (C=O) groups excluding carboxylic acids is 3. The molecule has 1 fully saturated rings. The molecule has 0 aromatic heterocycles. The molecule has 1 heterocycles. The second-order valence-electron chi connectivity index (χ2n) is 8.09. The van der Waals surface area contributed by atoms with E-state index in [0.29, 0.717) is 13.0 Å². The van der Waals surface area contributed by atoms with E-state index in [1.165, 1.54) is 4.90 Å². The molecule has 6 nitrogen and oxygen atoms in total. The van der Waals surface area contributed by atoms with Gasteiger partial charge in [-0.15, -0.1) is 0 Å². The van der Waals surface area contributed by atoms with Gasteiger partial charge in [0.05, 0.1) is 6.54 Å². The van der Waals surface area contributed by atoms with Crippen molar-refractivity contribution >= 4 is 29.1 Å². The molecule has 0 radical (unpaired) electrons. The van der Waals surface area contributed by atoms with Crippen molar-refractivity contribution in [1.82, 2.24) is 4.90 Å². The molecule has 1 aliphatic rings. The maximum atomic E-state index is 12.9. The highest BCUT2D eigenvalue weighted by Crippen LogP contribution is 2.28. The van der Waals surface area contributed by atoms with Crippen LogP contribution < -0.4 is 10.2 Å². The van der Waals surface area contributed by atoms with Crippen LogP contribution in [-0.2, 0) is 14.4 Å². The maximum Gasteiger partial charge on any atom is 0.243 e. The first-order chi connectivity index (χ1) is 14.2. The van der Waals surface area contributed by atoms with Gasteiger partial charge in [0, 0.05) is 25.0 Å². The quantitative estimate of drug-likeness (QED) is 0.773. The highest BCUT2D eigenvalue weighted by molar-refractivity contribution is 6.10. The van der Waals surface area contributed by atoms with E-state index in [1.807, 2.05) is 64.1 Å². The van der Waals surface area contributed by atoms with Gasteiger partial charge in [0.2, 0.25) is 17.7 Å². The molecule has 30 heavy (non-hydrogen) atoms. The molecule has 0 spiro atoms. The fraction of sp³-hybridized carbons (Fsp3) is 0.375. The van der Waals surface area contributed by atoms with Crippen molar-refractivity contribution in [2.24, 2.45) is 5.92 Å². The first-order valence-corrected chi connectivity index (χ1v) is 10.2. The van der Waals surface area contributed by atoms with Crippen LogP contribution >= 0.6 is 0 Å². The summed E-state index contributed by atoms with van der Waals surface area (Å²) in [6.07, 6.45) is 0.452. The molecule has 1 aliphatic heterocycles. The third-order valence-electron chi connectivity index (χ3n) is 5.94. The molecule has 1 N–H and O–H groups in total. The largest absolute Gasteiger partial charge is 0.336 e. The highest BCUT2D eigenvalue weighted by Gasteiger charge is 2.39. The number of likely N-dealkylation sites (N-methyl/N-ethyl adjacent to an activating group) is 1. The second kappa shape index (κ2) is 8.69. The van der Waals surface area contributed by atoms with Crippen LogP contribution in [0.25, 0.3) is 0 Å². The zero-order chi connectivity index (χ0) is 22.0. The number of nitrogens with zero attached hydrogens (tertiary/aromatic N) is 2. The van der Waals surface area contributed by atoms with Crippen LogP contribution in [0.2, 0.25) is 0 Å². The van der Waals surface area contributed by atoms with E-state index >= 15 is 0 Å². The normalized spacial score (nSPS) is 16.0. The molecule has 1 saturated heterocycles. The van der Waals surface area contributed by atoms with Crippen molar-refractivity contribution < 1.29 is 14.4 Å². The number of aryl methyl sites for hydroxylation is 3. The van der Waals surface area contributed by atoms with Crippen LogP contribution in [0.3, 0.4) is 0 Å². The molecule has 3 rings (SSSR count). The fourth-order valence-corrected chi connectivity index (χ4v) is 3.69. The summed E-state index contributed by atoms with van der Waals surface area (Å²) in [7, 11) is 1.57. The Morgan fingerprint density at radius 3 is 2.50 bits per heavy atom. The van der Waals surface area contributed by atoms with Crippen molar-refractivity contribution in [3.8, 4) is 0 Å². The van der Waals surface area contributed by atoms with Crippen molar-refractivity contribution in [1.29, 1.82) is 0 Å². The number of rotatable bonds is 5. The van der Waals surface area contributed by atoms with E-state index in [0.717, 1.165) is 33.6 Å². The average molecular weight is 408 g/mol. The lowest BCUT2D eigenvalue weighted by Crippen LogP contribution is -2.41. The van der Waals surface area contributed by atoms with Gasteiger partial charge in [-0.05, 0) is 74.6 Å². The Balaban J connectivity index is 1.63. The third-order valence-corrected chi connectivity index (χ3v) is 5.94. The first-order valence-electron chi connectivity index (χ1n) is 10.2. The van der Waals surface area contributed by atoms with Gasteiger partial charge in [0.25, 0.3) is 0 Å². The molecular formula is C24H29N3O3. The van der Waals surface area contributed by atoms with Gasteiger partial charge in [0.1, 0.15) is 5.92 Å². The van der Waals surface area contributed by atoms with Gasteiger partial charge >= 0.3 is 0 Å². The minimum atomic E-state index is -0.745. The molecule has 0 bridgehead atoms. The van der Waals surface area contributed by atoms with Gasteiger partial charge in [0.15, 0.2) is 0 Å². The predicted molar refractivity (Wildman–Crippen MR) is 119 cm³/mol. The Morgan fingerprint density at radius 1 is 1.07 bits per heavy atom. The number of carbonyl (C=O) groups is 3. The van der Waals surface area contributed by atoms with Crippen molar-refractivity contribution in [3.05, 3.63) is 58.7 Å². The van der Waals surface area contributed by atoms with Crippen molar-refractivity contribution in [2.45, 2.75) is 34.1 Å². The van der Waals surface area contributed by atoms with E-state index in [1.54, 1.807) is 11.9 Å². The van der Waals surface area contributed by atoms with Gasteiger partial charge in [-0.1, -0.05) is 18.2 Å². The van der Waals surface area contributed by atoms with Crippen LogP contribution in [0, 0.1) is 33.6 Å². The zero-order valence-corrected chi connectivity index (χ0v) is 18.3. The molecule has 3 amide bonds. The summed E-state index contributed by atoms with van der Waals surface area (Å²) in [5, 5.41) is 2.86. The summed E-state index contributed by atoms with van der Waals surface area (Å²) in [5.41, 5.74) is 5.89. The zero-order valence-electron chi connectivity index (χ0n) is 18.3. The Bertz CT molecular complexity index is 999. The number of hydrogen-bond acceptors (Lipinski definition) is 3. The van der Waals surface area contributed by atoms with Gasteiger partial charge in [-0.3, -0.25) is 14.4 Å². The van der Waals surface area contributed by atoms with Crippen molar-refractivity contribution in [3.63, 3.8) is 0 Å². The van der Waals surface area contributed by atoms with Gasteiger partial charge < -0.3 is 15.1 Å². The summed E-state index contributed by atoms with van der Waals surface area (Å²) in [6, 6.07) is 11.6. The summed E-state index contributed by atoms with van der Waals surface area (Å²) >= 11 is 0. The molecule has 1 unspecified atom stereocenters. The van der Waals surface area contributed by atoms with E-state index in [4.69, 9.17) is 0 Å². The fourth-order valence-electron chi connectivity index (χ4n) is 3.69. The molecular weight excluding hydrogens is 378 g/mol. The predicted octanol–water partition coefficient (Wildman–Crippen LogP) is 3.37. The summed E-state index contributed by atoms with van der Waals surface area (Å²) in [4.78, 5) is 41.2. The smallest absolute Gasteiger partial charge is 0.243 e. The topological polar surface area (TPSA) is 69.7 Å². The second-order valence-corrected chi connectivity index (χ2v) is 8.09. The summed E-state index contributed by atoms with van der Waals surface area (Å²) in [6.45, 7) is 8.35.